The second-order valence-electron chi connectivity index (χ2n) is 7.87. The second-order valence-corrected chi connectivity index (χ2v) is 7.87. The molecule has 1 unspecified atom stereocenters. The number of nitrogens with zero attached hydrogens (tertiary/aromatic N) is 1. The van der Waals surface area contributed by atoms with Gasteiger partial charge in [-0.2, -0.15) is 0 Å². The van der Waals surface area contributed by atoms with E-state index >= 15 is 0 Å². The number of piperidine rings is 3. The van der Waals surface area contributed by atoms with Crippen LogP contribution in [-0.2, 0) is 9.53 Å². The van der Waals surface area contributed by atoms with Crippen molar-refractivity contribution in [2.75, 3.05) is 25.0 Å². The summed E-state index contributed by atoms with van der Waals surface area (Å²) in [6, 6.07) is 15.6. The van der Waals surface area contributed by atoms with Crippen LogP contribution in [0, 0.1) is 19.8 Å². The number of carbonyl (C=O) groups is 1. The van der Waals surface area contributed by atoms with E-state index in [0.717, 1.165) is 54.9 Å². The molecular formula is C23H28N2O2. The predicted octanol–water partition coefficient (Wildman–Crippen LogP) is 4.09. The normalized spacial score (nSPS) is 25.0. The zero-order valence-electron chi connectivity index (χ0n) is 16.2. The summed E-state index contributed by atoms with van der Waals surface area (Å²) < 4.78 is 6.05. The molecule has 142 valence electrons. The van der Waals surface area contributed by atoms with Gasteiger partial charge in [-0.25, -0.2) is 4.79 Å². The fraction of sp³-hybridized carbons (Fsp3) is 0.435. The Morgan fingerprint density at radius 1 is 1.04 bits per heavy atom. The number of benzene rings is 2. The summed E-state index contributed by atoms with van der Waals surface area (Å²) >= 11 is 0. The van der Waals surface area contributed by atoms with Gasteiger partial charge >= 0.3 is 5.97 Å². The van der Waals surface area contributed by atoms with Gasteiger partial charge < -0.3 is 10.1 Å². The molecule has 2 aromatic carbocycles. The van der Waals surface area contributed by atoms with Crippen LogP contribution in [0.3, 0.4) is 0 Å². The summed E-state index contributed by atoms with van der Waals surface area (Å²) in [7, 11) is 0. The molecule has 3 aliphatic rings. The molecule has 0 saturated carbocycles. The number of fused-ring (bicyclic) bond motifs is 3. The fourth-order valence-electron chi connectivity index (χ4n) is 4.37. The molecule has 27 heavy (non-hydrogen) atoms. The molecule has 2 atom stereocenters. The molecule has 3 fully saturated rings. The highest BCUT2D eigenvalue weighted by Crippen LogP contribution is 2.32. The van der Waals surface area contributed by atoms with Crippen LogP contribution < -0.4 is 5.32 Å². The van der Waals surface area contributed by atoms with Gasteiger partial charge in [0.25, 0.3) is 0 Å². The molecule has 3 heterocycles. The molecule has 0 spiro atoms. The van der Waals surface area contributed by atoms with Crippen molar-refractivity contribution in [2.45, 2.75) is 38.8 Å². The minimum absolute atomic E-state index is 0.0194. The first kappa shape index (κ1) is 18.1. The van der Waals surface area contributed by atoms with Crippen molar-refractivity contribution in [3.8, 4) is 0 Å². The zero-order valence-corrected chi connectivity index (χ0v) is 16.2. The van der Waals surface area contributed by atoms with Gasteiger partial charge in [0.2, 0.25) is 0 Å². The average Bonchev–Trinajstić information content (AvgIpc) is 2.69. The van der Waals surface area contributed by atoms with Gasteiger partial charge in [-0.1, -0.05) is 48.5 Å². The van der Waals surface area contributed by atoms with Gasteiger partial charge in [0.15, 0.2) is 6.04 Å². The van der Waals surface area contributed by atoms with Gasteiger partial charge in [0.05, 0.1) is 0 Å². The Bertz CT molecular complexity index is 777. The van der Waals surface area contributed by atoms with Crippen molar-refractivity contribution in [2.24, 2.45) is 5.92 Å². The maximum Gasteiger partial charge on any atom is 0.333 e. The first-order valence-corrected chi connectivity index (χ1v) is 9.92. The Balaban J connectivity index is 1.57. The summed E-state index contributed by atoms with van der Waals surface area (Å²) in [5.41, 5.74) is 4.21. The quantitative estimate of drug-likeness (QED) is 0.811. The fourth-order valence-corrected chi connectivity index (χ4v) is 4.37. The van der Waals surface area contributed by atoms with E-state index in [4.69, 9.17) is 4.74 Å². The third-order valence-corrected chi connectivity index (χ3v) is 6.00. The van der Waals surface area contributed by atoms with Crippen LogP contribution in [0.2, 0.25) is 0 Å². The summed E-state index contributed by atoms with van der Waals surface area (Å²) in [6.07, 6.45) is 2.29. The van der Waals surface area contributed by atoms with E-state index in [1.807, 2.05) is 36.4 Å². The van der Waals surface area contributed by atoms with E-state index in [1.165, 1.54) is 0 Å². The Morgan fingerprint density at radius 3 is 2.30 bits per heavy atom. The van der Waals surface area contributed by atoms with E-state index < -0.39 is 6.04 Å². The van der Waals surface area contributed by atoms with Gasteiger partial charge in [0.1, 0.15) is 6.10 Å². The standard InChI is InChI=1S/C23H28N2O2/c1-16-7-6-8-17(2)21(16)24-22(19-9-4-3-5-10-19)23(26)27-20-15-25-13-11-18(20)12-14-25/h3-10,18,20,22,24H,11-15H2,1-2H3/t20-,22?/m0/s1. The van der Waals surface area contributed by atoms with E-state index in [2.05, 4.69) is 36.2 Å². The molecular weight excluding hydrogens is 336 g/mol. The lowest BCUT2D eigenvalue weighted by Crippen LogP contribution is -2.52. The first-order valence-electron chi connectivity index (χ1n) is 9.92. The molecule has 0 radical (unpaired) electrons. The minimum atomic E-state index is -0.499. The molecule has 4 nitrogen and oxygen atoms in total. The summed E-state index contributed by atoms with van der Waals surface area (Å²) in [4.78, 5) is 15.6. The molecule has 5 rings (SSSR count). The Kier molecular flexibility index (Phi) is 5.17. The first-order chi connectivity index (χ1) is 13.1. The van der Waals surface area contributed by atoms with E-state index in [9.17, 15) is 4.79 Å². The van der Waals surface area contributed by atoms with Gasteiger partial charge in [-0.05, 0) is 62.4 Å². The number of anilines is 1. The van der Waals surface area contributed by atoms with Gasteiger partial charge in [0, 0.05) is 12.2 Å². The molecule has 3 saturated heterocycles. The van der Waals surface area contributed by atoms with E-state index in [0.29, 0.717) is 5.92 Å². The lowest BCUT2D eigenvalue weighted by molar-refractivity contribution is -0.159. The Hall–Kier alpha value is -2.33. The summed E-state index contributed by atoms with van der Waals surface area (Å²) in [6.45, 7) is 7.29. The smallest absolute Gasteiger partial charge is 0.333 e. The van der Waals surface area contributed by atoms with E-state index in [-0.39, 0.29) is 12.1 Å². The van der Waals surface area contributed by atoms with Crippen LogP contribution in [0.25, 0.3) is 0 Å². The minimum Gasteiger partial charge on any atom is -0.459 e. The van der Waals surface area contributed by atoms with Crippen LogP contribution in [0.4, 0.5) is 5.69 Å². The molecule has 0 aliphatic carbocycles. The number of hydrogen-bond acceptors (Lipinski definition) is 4. The topological polar surface area (TPSA) is 41.6 Å². The molecule has 0 aromatic heterocycles. The highest BCUT2D eigenvalue weighted by molar-refractivity contribution is 5.82. The Morgan fingerprint density at radius 2 is 1.70 bits per heavy atom. The molecule has 3 aliphatic heterocycles. The zero-order chi connectivity index (χ0) is 18.8. The largest absolute Gasteiger partial charge is 0.459 e. The molecule has 2 bridgehead atoms. The SMILES string of the molecule is Cc1cccc(C)c1NC(C(=O)O[C@H]1CN2CCC1CC2)c1ccccc1. The van der Waals surface area contributed by atoms with Crippen molar-refractivity contribution in [3.63, 3.8) is 0 Å². The number of para-hydroxylation sites is 1. The van der Waals surface area contributed by atoms with Crippen LogP contribution in [0.5, 0.6) is 0 Å². The third kappa shape index (κ3) is 3.86. The highest BCUT2D eigenvalue weighted by atomic mass is 16.5. The number of nitrogens with one attached hydrogen (secondary N) is 1. The van der Waals surface area contributed by atoms with Crippen LogP contribution in [0.1, 0.15) is 35.6 Å². The average molecular weight is 364 g/mol. The van der Waals surface area contributed by atoms with Crippen molar-refractivity contribution < 1.29 is 9.53 Å². The third-order valence-electron chi connectivity index (χ3n) is 6.00. The number of rotatable bonds is 5. The monoisotopic (exact) mass is 364 g/mol. The van der Waals surface area contributed by atoms with E-state index in [1.54, 1.807) is 0 Å². The predicted molar refractivity (Wildman–Crippen MR) is 108 cm³/mol. The van der Waals surface area contributed by atoms with Crippen molar-refractivity contribution >= 4 is 11.7 Å². The maximum absolute atomic E-state index is 13.2. The van der Waals surface area contributed by atoms with Crippen molar-refractivity contribution in [1.29, 1.82) is 0 Å². The molecule has 4 heteroatoms. The number of esters is 1. The van der Waals surface area contributed by atoms with Crippen LogP contribution in [-0.4, -0.2) is 36.6 Å². The number of hydrogen-bond donors (Lipinski definition) is 1. The maximum atomic E-state index is 13.2. The van der Waals surface area contributed by atoms with Crippen molar-refractivity contribution in [3.05, 3.63) is 65.2 Å². The van der Waals surface area contributed by atoms with Gasteiger partial charge in [-0.3, -0.25) is 4.90 Å². The summed E-state index contributed by atoms with van der Waals surface area (Å²) in [5.74, 6) is 0.332. The lowest BCUT2D eigenvalue weighted by atomic mass is 9.86. The lowest BCUT2D eigenvalue weighted by Gasteiger charge is -2.44. The molecule has 1 N–H and O–H groups in total. The molecule has 2 aromatic rings. The number of carbonyl (C=O) groups excluding carboxylic acids is 1. The van der Waals surface area contributed by atoms with Gasteiger partial charge in [-0.15, -0.1) is 0 Å². The number of aryl methyl sites for hydroxylation is 2. The van der Waals surface area contributed by atoms with Crippen molar-refractivity contribution in [1.82, 2.24) is 4.90 Å². The second kappa shape index (κ2) is 7.73. The van der Waals surface area contributed by atoms with Crippen LogP contribution in [0.15, 0.2) is 48.5 Å². The molecule has 0 amide bonds. The highest BCUT2D eigenvalue weighted by Gasteiger charge is 2.38. The Labute approximate surface area is 161 Å². The van der Waals surface area contributed by atoms with Crippen LogP contribution >= 0.6 is 0 Å². The number of ether oxygens (including phenoxy) is 1. The summed E-state index contributed by atoms with van der Waals surface area (Å²) in [5, 5.41) is 3.48.